The van der Waals surface area contributed by atoms with Crippen LogP contribution in [0.25, 0.3) is 10.9 Å². The Balaban J connectivity index is 2.36. The number of benzene rings is 1. The number of rotatable bonds is 3. The highest BCUT2D eigenvalue weighted by Crippen LogP contribution is 2.13. The minimum atomic E-state index is -0.116. The van der Waals surface area contributed by atoms with E-state index in [1.54, 1.807) is 7.05 Å². The van der Waals surface area contributed by atoms with Gasteiger partial charge in [-0.3, -0.25) is 9.59 Å². The average Bonchev–Trinajstić information content (AvgIpc) is 2.36. The second-order valence-corrected chi connectivity index (χ2v) is 4.39. The van der Waals surface area contributed by atoms with E-state index in [-0.39, 0.29) is 11.5 Å². The van der Waals surface area contributed by atoms with Gasteiger partial charge < -0.3 is 10.3 Å². The third kappa shape index (κ3) is 2.59. The van der Waals surface area contributed by atoms with Gasteiger partial charge >= 0.3 is 0 Å². The van der Waals surface area contributed by atoms with Gasteiger partial charge in [-0.25, -0.2) is 0 Å². The number of carbonyl (C=O) groups is 1. The summed E-state index contributed by atoms with van der Waals surface area (Å²) >= 11 is 0. The van der Waals surface area contributed by atoms with E-state index in [4.69, 9.17) is 0 Å². The molecule has 94 valence electrons. The fraction of sp³-hybridized carbons (Fsp3) is 0.286. The van der Waals surface area contributed by atoms with Crippen LogP contribution in [-0.2, 0) is 11.2 Å². The maximum absolute atomic E-state index is 11.8. The van der Waals surface area contributed by atoms with Crippen molar-refractivity contribution < 1.29 is 4.79 Å². The lowest BCUT2D eigenvalue weighted by Crippen LogP contribution is -2.20. The largest absolute Gasteiger partial charge is 0.359 e. The Hall–Kier alpha value is -2.10. The number of nitrogens with one attached hydrogen (secondary N) is 2. The van der Waals surface area contributed by atoms with Gasteiger partial charge in [0.15, 0.2) is 0 Å². The number of hydrogen-bond donors (Lipinski definition) is 2. The van der Waals surface area contributed by atoms with Crippen LogP contribution in [0.3, 0.4) is 0 Å². The van der Waals surface area contributed by atoms with Crippen LogP contribution in [0, 0.1) is 6.92 Å². The van der Waals surface area contributed by atoms with E-state index in [9.17, 15) is 9.59 Å². The molecule has 0 aliphatic heterocycles. The zero-order valence-electron chi connectivity index (χ0n) is 10.5. The maximum atomic E-state index is 11.8. The molecule has 4 heteroatoms. The lowest BCUT2D eigenvalue weighted by atomic mass is 10.1. The molecule has 1 aromatic heterocycles. The first-order valence-electron chi connectivity index (χ1n) is 5.93. The topological polar surface area (TPSA) is 62.0 Å². The fourth-order valence-corrected chi connectivity index (χ4v) is 1.93. The standard InChI is InChI=1S/C14H16N2O2/c1-9-3-5-12-11(7-9)8-10(14(18)16-12)4-6-13(17)15-2/h3,5,7-8H,4,6H2,1-2H3,(H,15,17)(H,16,18). The summed E-state index contributed by atoms with van der Waals surface area (Å²) in [6.07, 6.45) is 0.787. The molecule has 1 heterocycles. The number of hydrogen-bond acceptors (Lipinski definition) is 2. The average molecular weight is 244 g/mol. The van der Waals surface area contributed by atoms with Crippen molar-refractivity contribution in [3.05, 3.63) is 45.7 Å². The number of amides is 1. The molecule has 0 aliphatic rings. The summed E-state index contributed by atoms with van der Waals surface area (Å²) in [5.74, 6) is -0.0567. The molecule has 0 radical (unpaired) electrons. The number of carbonyl (C=O) groups excluding carboxylic acids is 1. The van der Waals surface area contributed by atoms with Crippen molar-refractivity contribution in [3.63, 3.8) is 0 Å². The van der Waals surface area contributed by atoms with Gasteiger partial charge in [0.25, 0.3) is 5.56 Å². The number of aromatic amines is 1. The summed E-state index contributed by atoms with van der Waals surface area (Å²) in [5.41, 5.74) is 2.51. The van der Waals surface area contributed by atoms with Gasteiger partial charge in [-0.05, 0) is 36.9 Å². The second kappa shape index (κ2) is 5.04. The third-order valence-corrected chi connectivity index (χ3v) is 2.98. The first-order chi connectivity index (χ1) is 8.60. The van der Waals surface area contributed by atoms with Gasteiger partial charge in [0.05, 0.1) is 0 Å². The predicted molar refractivity (Wildman–Crippen MR) is 71.7 cm³/mol. The van der Waals surface area contributed by atoms with Crippen LogP contribution in [0.4, 0.5) is 0 Å². The van der Waals surface area contributed by atoms with Crippen molar-refractivity contribution >= 4 is 16.8 Å². The summed E-state index contributed by atoms with van der Waals surface area (Å²) in [5, 5.41) is 3.55. The van der Waals surface area contributed by atoms with E-state index in [2.05, 4.69) is 10.3 Å². The summed E-state index contributed by atoms with van der Waals surface area (Å²) in [6.45, 7) is 2.01. The van der Waals surface area contributed by atoms with Gasteiger partial charge in [0.1, 0.15) is 0 Å². The zero-order valence-corrected chi connectivity index (χ0v) is 10.5. The van der Waals surface area contributed by atoms with Crippen LogP contribution >= 0.6 is 0 Å². The van der Waals surface area contributed by atoms with E-state index in [1.165, 1.54) is 0 Å². The molecule has 0 aliphatic carbocycles. The molecule has 0 saturated carbocycles. The second-order valence-electron chi connectivity index (χ2n) is 4.39. The Bertz CT molecular complexity index is 644. The molecule has 2 N–H and O–H groups in total. The van der Waals surface area contributed by atoms with Crippen molar-refractivity contribution in [3.8, 4) is 0 Å². The number of fused-ring (bicyclic) bond motifs is 1. The molecular weight excluding hydrogens is 228 g/mol. The SMILES string of the molecule is CNC(=O)CCc1cc2cc(C)ccc2[nH]c1=O. The van der Waals surface area contributed by atoms with Gasteiger partial charge in [0.2, 0.25) is 5.91 Å². The van der Waals surface area contributed by atoms with Crippen molar-refractivity contribution in [2.75, 3.05) is 7.05 Å². The molecule has 2 rings (SSSR count). The predicted octanol–water partition coefficient (Wildman–Crippen LogP) is 1.52. The van der Waals surface area contributed by atoms with Gasteiger partial charge in [-0.1, -0.05) is 11.6 Å². The van der Waals surface area contributed by atoms with Gasteiger partial charge in [-0.2, -0.15) is 0 Å². The maximum Gasteiger partial charge on any atom is 0.251 e. The Labute approximate surface area is 105 Å². The van der Waals surface area contributed by atoms with Crippen molar-refractivity contribution in [2.24, 2.45) is 0 Å². The summed E-state index contributed by atoms with van der Waals surface area (Å²) in [6, 6.07) is 7.75. The quantitative estimate of drug-likeness (QED) is 0.859. The lowest BCUT2D eigenvalue weighted by Gasteiger charge is -2.04. The molecule has 0 atom stereocenters. The van der Waals surface area contributed by atoms with Crippen LogP contribution in [0.15, 0.2) is 29.1 Å². The molecule has 2 aromatic rings. The van der Waals surface area contributed by atoms with Crippen LogP contribution in [0.1, 0.15) is 17.5 Å². The smallest absolute Gasteiger partial charge is 0.251 e. The van der Waals surface area contributed by atoms with E-state index >= 15 is 0 Å². The molecule has 0 saturated heterocycles. The Kier molecular flexibility index (Phi) is 3.46. The van der Waals surface area contributed by atoms with E-state index < -0.39 is 0 Å². The molecule has 18 heavy (non-hydrogen) atoms. The molecule has 1 aromatic carbocycles. The highest BCUT2D eigenvalue weighted by Gasteiger charge is 2.05. The lowest BCUT2D eigenvalue weighted by molar-refractivity contribution is -0.120. The fourth-order valence-electron chi connectivity index (χ4n) is 1.93. The van der Waals surface area contributed by atoms with Crippen molar-refractivity contribution in [1.29, 1.82) is 0 Å². The monoisotopic (exact) mass is 244 g/mol. The number of H-pyrrole nitrogens is 1. The van der Waals surface area contributed by atoms with Crippen LogP contribution < -0.4 is 10.9 Å². The van der Waals surface area contributed by atoms with Crippen LogP contribution in [0.5, 0.6) is 0 Å². The van der Waals surface area contributed by atoms with Crippen molar-refractivity contribution in [1.82, 2.24) is 10.3 Å². The van der Waals surface area contributed by atoms with Gasteiger partial charge in [0, 0.05) is 24.5 Å². The highest BCUT2D eigenvalue weighted by atomic mass is 16.1. The summed E-state index contributed by atoms with van der Waals surface area (Å²) in [4.78, 5) is 25.9. The molecule has 1 amide bonds. The summed E-state index contributed by atoms with van der Waals surface area (Å²) in [7, 11) is 1.59. The zero-order chi connectivity index (χ0) is 13.1. The molecule has 4 nitrogen and oxygen atoms in total. The molecular formula is C14H16N2O2. The van der Waals surface area contributed by atoms with Crippen LogP contribution in [0.2, 0.25) is 0 Å². The first kappa shape index (κ1) is 12.4. The Morgan fingerprint density at radius 1 is 1.33 bits per heavy atom. The first-order valence-corrected chi connectivity index (χ1v) is 5.93. The molecule has 0 bridgehead atoms. The minimum Gasteiger partial charge on any atom is -0.359 e. The molecule has 0 spiro atoms. The van der Waals surface area contributed by atoms with Gasteiger partial charge in [-0.15, -0.1) is 0 Å². The van der Waals surface area contributed by atoms with Crippen LogP contribution in [-0.4, -0.2) is 17.9 Å². The Morgan fingerprint density at radius 2 is 2.11 bits per heavy atom. The molecule has 0 fully saturated rings. The summed E-state index contributed by atoms with van der Waals surface area (Å²) < 4.78 is 0. The Morgan fingerprint density at radius 3 is 2.83 bits per heavy atom. The van der Waals surface area contributed by atoms with Crippen molar-refractivity contribution in [2.45, 2.75) is 19.8 Å². The third-order valence-electron chi connectivity index (χ3n) is 2.98. The number of aromatic nitrogens is 1. The highest BCUT2D eigenvalue weighted by molar-refractivity contribution is 5.80. The molecule has 0 unspecified atom stereocenters. The normalized spacial score (nSPS) is 10.6. The van der Waals surface area contributed by atoms with E-state index in [0.29, 0.717) is 18.4 Å². The van der Waals surface area contributed by atoms with E-state index in [0.717, 1.165) is 16.5 Å². The number of aryl methyl sites for hydroxylation is 2. The minimum absolute atomic E-state index is 0.0567. The van der Waals surface area contributed by atoms with E-state index in [1.807, 2.05) is 31.2 Å². The number of pyridine rings is 1.